The zero-order valence-electron chi connectivity index (χ0n) is 24.7. The Labute approximate surface area is 244 Å². The van der Waals surface area contributed by atoms with E-state index < -0.39 is 5.97 Å². The lowest BCUT2D eigenvalue weighted by molar-refractivity contribution is -0.143. The largest absolute Gasteiger partial charge is 0.480 e. The normalized spacial score (nSPS) is 23.2. The molecule has 1 aromatic heterocycles. The Morgan fingerprint density at radius 2 is 1.83 bits per heavy atom. The van der Waals surface area contributed by atoms with Crippen molar-refractivity contribution in [2.45, 2.75) is 76.7 Å². The average Bonchev–Trinajstić information content (AvgIpc) is 3.57. The Morgan fingerprint density at radius 3 is 2.51 bits per heavy atom. The Morgan fingerprint density at radius 1 is 1.05 bits per heavy atom. The van der Waals surface area contributed by atoms with Crippen molar-refractivity contribution in [3.8, 4) is 0 Å². The Balaban J connectivity index is 1.12. The minimum Gasteiger partial charge on any atom is -0.480 e. The first-order chi connectivity index (χ1) is 20.0. The van der Waals surface area contributed by atoms with Crippen molar-refractivity contribution < 1.29 is 14.3 Å². The second-order valence-electron chi connectivity index (χ2n) is 12.8. The Bertz CT molecular complexity index is 1310. The van der Waals surface area contributed by atoms with Crippen molar-refractivity contribution in [1.82, 2.24) is 14.8 Å². The van der Waals surface area contributed by atoms with Gasteiger partial charge in [-0.25, -0.2) is 4.98 Å². The number of carboxylic acid groups (broad SMARTS) is 1. The topological polar surface area (TPSA) is 69.8 Å². The number of aliphatic carboxylic acids is 1. The second-order valence-corrected chi connectivity index (χ2v) is 12.8. The summed E-state index contributed by atoms with van der Waals surface area (Å²) in [6, 6.07) is 19.0. The molecule has 0 spiro atoms. The number of aromatic nitrogens is 1. The Hall–Kier alpha value is -2.96. The number of likely N-dealkylation sites (tertiary alicyclic amines) is 2. The highest BCUT2D eigenvalue weighted by Crippen LogP contribution is 2.40. The van der Waals surface area contributed by atoms with E-state index in [4.69, 9.17) is 9.40 Å². The van der Waals surface area contributed by atoms with Crippen molar-refractivity contribution in [3.05, 3.63) is 88.6 Å². The molecule has 0 radical (unpaired) electrons. The quantitative estimate of drug-likeness (QED) is 0.300. The van der Waals surface area contributed by atoms with Crippen LogP contribution in [0.1, 0.15) is 84.9 Å². The fourth-order valence-electron chi connectivity index (χ4n) is 7.24. The molecule has 0 unspecified atom stereocenters. The number of rotatable bonds is 11. The highest BCUT2D eigenvalue weighted by molar-refractivity contribution is 5.73. The molecule has 3 heterocycles. The summed E-state index contributed by atoms with van der Waals surface area (Å²) in [6.45, 7) is 9.15. The molecule has 0 bridgehead atoms. The summed E-state index contributed by atoms with van der Waals surface area (Å²) >= 11 is 0. The first kappa shape index (κ1) is 28.2. The van der Waals surface area contributed by atoms with Crippen molar-refractivity contribution in [2.24, 2.45) is 11.8 Å². The van der Waals surface area contributed by atoms with Crippen LogP contribution in [-0.2, 0) is 17.6 Å². The molecule has 3 fully saturated rings. The lowest BCUT2D eigenvalue weighted by Gasteiger charge is -2.34. The van der Waals surface area contributed by atoms with Gasteiger partial charge in [0.15, 0.2) is 5.89 Å². The van der Waals surface area contributed by atoms with Crippen molar-refractivity contribution in [1.29, 1.82) is 0 Å². The summed E-state index contributed by atoms with van der Waals surface area (Å²) in [7, 11) is 0. The van der Waals surface area contributed by atoms with Gasteiger partial charge in [-0.05, 0) is 68.7 Å². The summed E-state index contributed by atoms with van der Waals surface area (Å²) in [6.07, 6.45) is 6.98. The first-order valence-corrected chi connectivity index (χ1v) is 15.7. The summed E-state index contributed by atoms with van der Waals surface area (Å²) < 4.78 is 6.41. The van der Waals surface area contributed by atoms with E-state index in [1.165, 1.54) is 29.5 Å². The van der Waals surface area contributed by atoms with Gasteiger partial charge in [0.25, 0.3) is 0 Å². The number of piperidine rings is 1. The molecule has 3 aromatic rings. The fraction of sp³-hybridized carbons (Fsp3) is 0.543. The maximum absolute atomic E-state index is 12.3. The molecular formula is C35H45N3O3. The summed E-state index contributed by atoms with van der Waals surface area (Å²) in [4.78, 5) is 22.1. The van der Waals surface area contributed by atoms with E-state index in [2.05, 4.69) is 72.2 Å². The van der Waals surface area contributed by atoms with Crippen LogP contribution in [0.25, 0.3) is 0 Å². The van der Waals surface area contributed by atoms with E-state index in [9.17, 15) is 9.90 Å². The first-order valence-electron chi connectivity index (χ1n) is 15.7. The molecule has 3 atom stereocenters. The zero-order valence-corrected chi connectivity index (χ0v) is 24.7. The SMILES string of the molecule is CCc1nc(Cc2ccccc2)oc1C1CCN(C[C@H]2CN([C@H](CC3CC3)C(=O)O)C[C@@H]2c2cccc(C)c2)CC1. The molecule has 1 aliphatic carbocycles. The van der Waals surface area contributed by atoms with Gasteiger partial charge in [0.05, 0.1) is 5.69 Å². The molecule has 6 rings (SSSR count). The molecule has 41 heavy (non-hydrogen) atoms. The fourth-order valence-corrected chi connectivity index (χ4v) is 7.24. The monoisotopic (exact) mass is 555 g/mol. The zero-order chi connectivity index (χ0) is 28.3. The van der Waals surface area contributed by atoms with Gasteiger partial charge in [0.2, 0.25) is 0 Å². The Kier molecular flexibility index (Phi) is 8.59. The third-order valence-electron chi connectivity index (χ3n) is 9.67. The molecule has 1 N–H and O–H groups in total. The van der Waals surface area contributed by atoms with Crippen LogP contribution in [-0.4, -0.2) is 64.6 Å². The van der Waals surface area contributed by atoms with Crippen LogP contribution in [0, 0.1) is 18.8 Å². The van der Waals surface area contributed by atoms with E-state index >= 15 is 0 Å². The van der Waals surface area contributed by atoms with E-state index in [-0.39, 0.29) is 6.04 Å². The minimum atomic E-state index is -0.647. The van der Waals surface area contributed by atoms with Gasteiger partial charge in [-0.15, -0.1) is 0 Å². The molecule has 2 aromatic carbocycles. The number of hydrogen-bond acceptors (Lipinski definition) is 5. The third-order valence-corrected chi connectivity index (χ3v) is 9.67. The lowest BCUT2D eigenvalue weighted by Crippen LogP contribution is -2.41. The second kappa shape index (κ2) is 12.5. The minimum absolute atomic E-state index is 0.352. The highest BCUT2D eigenvalue weighted by atomic mass is 16.4. The maximum Gasteiger partial charge on any atom is 0.320 e. The van der Waals surface area contributed by atoms with Crippen molar-refractivity contribution in [3.63, 3.8) is 0 Å². The molecule has 6 heteroatoms. The van der Waals surface area contributed by atoms with E-state index in [0.29, 0.717) is 23.7 Å². The molecule has 2 saturated heterocycles. The predicted molar refractivity (Wildman–Crippen MR) is 161 cm³/mol. The van der Waals surface area contributed by atoms with Gasteiger partial charge in [0.1, 0.15) is 11.8 Å². The van der Waals surface area contributed by atoms with Gasteiger partial charge >= 0.3 is 5.97 Å². The van der Waals surface area contributed by atoms with Gasteiger partial charge in [-0.1, -0.05) is 79.9 Å². The van der Waals surface area contributed by atoms with Gasteiger partial charge in [-0.2, -0.15) is 0 Å². The summed E-state index contributed by atoms with van der Waals surface area (Å²) in [5.74, 6) is 3.11. The van der Waals surface area contributed by atoms with Crippen LogP contribution in [0.3, 0.4) is 0 Å². The molecule has 1 saturated carbocycles. The molecule has 6 nitrogen and oxygen atoms in total. The maximum atomic E-state index is 12.3. The van der Waals surface area contributed by atoms with Crippen LogP contribution in [0.2, 0.25) is 0 Å². The number of oxazole rings is 1. The molecule has 218 valence electrons. The smallest absolute Gasteiger partial charge is 0.320 e. The molecule has 2 aliphatic heterocycles. The lowest BCUT2D eigenvalue weighted by atomic mass is 9.86. The number of nitrogens with zero attached hydrogens (tertiary/aromatic N) is 3. The standard InChI is InChI=1S/C35H45N3O3/c1-3-31-34(41-33(36-31)20-25-9-5-4-6-10-25)27-14-16-37(17-15-27)21-29-22-38(32(35(39)40)19-26-12-13-26)23-30(29)28-11-7-8-24(2)18-28/h4-11,18,26-27,29-30,32H,3,12-17,19-23H2,1-2H3,(H,39,40)/t29-,30+,32+/m0/s1. The van der Waals surface area contributed by atoms with Crippen LogP contribution >= 0.6 is 0 Å². The van der Waals surface area contributed by atoms with Gasteiger partial charge in [0, 0.05) is 37.9 Å². The van der Waals surface area contributed by atoms with E-state index in [1.807, 2.05) is 6.07 Å². The van der Waals surface area contributed by atoms with Crippen LogP contribution in [0.15, 0.2) is 59.0 Å². The summed E-state index contributed by atoms with van der Waals surface area (Å²) in [5.41, 5.74) is 4.99. The molecule has 3 aliphatic rings. The summed E-state index contributed by atoms with van der Waals surface area (Å²) in [5, 5.41) is 10.1. The van der Waals surface area contributed by atoms with Gasteiger partial charge < -0.3 is 14.4 Å². The van der Waals surface area contributed by atoms with Crippen LogP contribution < -0.4 is 0 Å². The van der Waals surface area contributed by atoms with Crippen LogP contribution in [0.5, 0.6) is 0 Å². The van der Waals surface area contributed by atoms with E-state index in [0.717, 1.165) is 82.2 Å². The number of carboxylic acids is 1. The van der Waals surface area contributed by atoms with E-state index in [1.54, 1.807) is 0 Å². The molecular weight excluding hydrogens is 510 g/mol. The van der Waals surface area contributed by atoms with Crippen molar-refractivity contribution in [2.75, 3.05) is 32.7 Å². The number of aryl methyl sites for hydroxylation is 2. The number of carbonyl (C=O) groups is 1. The molecule has 0 amide bonds. The van der Waals surface area contributed by atoms with Crippen LogP contribution in [0.4, 0.5) is 0 Å². The van der Waals surface area contributed by atoms with Gasteiger partial charge in [-0.3, -0.25) is 9.69 Å². The third kappa shape index (κ3) is 6.76. The highest BCUT2D eigenvalue weighted by Gasteiger charge is 2.42. The predicted octanol–water partition coefficient (Wildman–Crippen LogP) is 6.28. The van der Waals surface area contributed by atoms with Crippen molar-refractivity contribution >= 4 is 5.97 Å². The average molecular weight is 556 g/mol. The number of hydrogen-bond donors (Lipinski definition) is 1. The number of benzene rings is 2.